The standard InChI is InChI=1S/C23H26N2O4/c1-15(21(26)25-23(2,3)4)24-22(27)20-12-11-19(29-20)14-28-18-10-9-16-7-5-6-8-17(16)13-18/h5-13,15H,14H2,1-4H3,(H,24,27)(H,25,26). The highest BCUT2D eigenvalue weighted by atomic mass is 16.5. The normalized spacial score (nSPS) is 12.4. The van der Waals surface area contributed by atoms with Gasteiger partial charge in [-0.05, 0) is 62.7 Å². The van der Waals surface area contributed by atoms with Crippen LogP contribution >= 0.6 is 0 Å². The van der Waals surface area contributed by atoms with Crippen LogP contribution < -0.4 is 15.4 Å². The van der Waals surface area contributed by atoms with E-state index >= 15 is 0 Å². The second kappa shape index (κ2) is 8.39. The van der Waals surface area contributed by atoms with Crippen molar-refractivity contribution in [1.82, 2.24) is 10.6 Å². The maximum absolute atomic E-state index is 12.3. The summed E-state index contributed by atoms with van der Waals surface area (Å²) in [6, 6.07) is 16.5. The summed E-state index contributed by atoms with van der Waals surface area (Å²) in [7, 11) is 0. The Morgan fingerprint density at radius 1 is 1.03 bits per heavy atom. The van der Waals surface area contributed by atoms with Gasteiger partial charge in [-0.1, -0.05) is 30.3 Å². The molecule has 152 valence electrons. The number of amides is 2. The van der Waals surface area contributed by atoms with Gasteiger partial charge in [0.15, 0.2) is 5.76 Å². The number of fused-ring (bicyclic) bond motifs is 1. The topological polar surface area (TPSA) is 80.6 Å². The quantitative estimate of drug-likeness (QED) is 0.661. The van der Waals surface area contributed by atoms with E-state index in [1.54, 1.807) is 19.1 Å². The zero-order valence-corrected chi connectivity index (χ0v) is 17.1. The Hall–Kier alpha value is -3.28. The van der Waals surface area contributed by atoms with Crippen molar-refractivity contribution in [3.8, 4) is 5.75 Å². The van der Waals surface area contributed by atoms with Crippen molar-refractivity contribution in [2.75, 3.05) is 0 Å². The minimum absolute atomic E-state index is 0.137. The van der Waals surface area contributed by atoms with Crippen LogP contribution in [0, 0.1) is 0 Å². The zero-order valence-electron chi connectivity index (χ0n) is 17.1. The van der Waals surface area contributed by atoms with Gasteiger partial charge in [0, 0.05) is 5.54 Å². The summed E-state index contributed by atoms with van der Waals surface area (Å²) >= 11 is 0. The van der Waals surface area contributed by atoms with Crippen molar-refractivity contribution < 1.29 is 18.7 Å². The molecule has 0 aliphatic heterocycles. The average molecular weight is 394 g/mol. The van der Waals surface area contributed by atoms with Crippen molar-refractivity contribution >= 4 is 22.6 Å². The third-order valence-electron chi connectivity index (χ3n) is 4.23. The number of ether oxygens (including phenoxy) is 1. The number of carbonyl (C=O) groups excluding carboxylic acids is 2. The van der Waals surface area contributed by atoms with Crippen LogP contribution in [0.1, 0.15) is 44.0 Å². The predicted octanol–water partition coefficient (Wildman–Crippen LogP) is 4.04. The van der Waals surface area contributed by atoms with E-state index in [0.29, 0.717) is 5.76 Å². The monoisotopic (exact) mass is 394 g/mol. The molecular formula is C23H26N2O4. The van der Waals surface area contributed by atoms with Crippen molar-refractivity contribution in [3.63, 3.8) is 0 Å². The lowest BCUT2D eigenvalue weighted by molar-refractivity contribution is -0.124. The molecule has 0 fully saturated rings. The minimum atomic E-state index is -0.677. The zero-order chi connectivity index (χ0) is 21.0. The first-order chi connectivity index (χ1) is 13.7. The van der Waals surface area contributed by atoms with Crippen LogP contribution in [0.5, 0.6) is 5.75 Å². The largest absolute Gasteiger partial charge is 0.486 e. The van der Waals surface area contributed by atoms with E-state index < -0.39 is 11.9 Å². The Balaban J connectivity index is 1.56. The Bertz CT molecular complexity index is 1020. The van der Waals surface area contributed by atoms with Gasteiger partial charge in [-0.25, -0.2) is 0 Å². The first kappa shape index (κ1) is 20.5. The lowest BCUT2D eigenvalue weighted by atomic mass is 10.1. The van der Waals surface area contributed by atoms with Crippen LogP contribution in [-0.2, 0) is 11.4 Å². The molecular weight excluding hydrogens is 368 g/mol. The second-order valence-electron chi connectivity index (χ2n) is 8.00. The molecule has 1 aromatic heterocycles. The van der Waals surface area contributed by atoms with E-state index in [2.05, 4.69) is 10.6 Å². The molecule has 29 heavy (non-hydrogen) atoms. The summed E-state index contributed by atoms with van der Waals surface area (Å²) in [5.74, 6) is 0.682. The van der Waals surface area contributed by atoms with Gasteiger partial charge in [0.1, 0.15) is 24.2 Å². The van der Waals surface area contributed by atoms with Crippen molar-refractivity contribution in [2.45, 2.75) is 45.9 Å². The number of carbonyl (C=O) groups is 2. The molecule has 6 heteroatoms. The second-order valence-corrected chi connectivity index (χ2v) is 8.00. The number of hydrogen-bond donors (Lipinski definition) is 2. The molecule has 3 aromatic rings. The number of rotatable bonds is 6. The summed E-state index contributed by atoms with van der Waals surface area (Å²) in [6.07, 6.45) is 0. The molecule has 1 heterocycles. The average Bonchev–Trinajstić information content (AvgIpc) is 3.14. The van der Waals surface area contributed by atoms with Gasteiger partial charge in [0.2, 0.25) is 5.91 Å². The highest BCUT2D eigenvalue weighted by molar-refractivity contribution is 5.95. The Morgan fingerprint density at radius 2 is 1.76 bits per heavy atom. The Kier molecular flexibility index (Phi) is 5.92. The van der Waals surface area contributed by atoms with E-state index in [-0.39, 0.29) is 23.8 Å². The summed E-state index contributed by atoms with van der Waals surface area (Å²) in [4.78, 5) is 24.4. The molecule has 1 atom stereocenters. The SMILES string of the molecule is CC(NC(=O)c1ccc(COc2ccc3ccccc3c2)o1)C(=O)NC(C)(C)C. The van der Waals surface area contributed by atoms with E-state index in [0.717, 1.165) is 16.5 Å². The number of furan rings is 1. The van der Waals surface area contributed by atoms with Crippen LogP contribution in [0.15, 0.2) is 59.0 Å². The smallest absolute Gasteiger partial charge is 0.287 e. The van der Waals surface area contributed by atoms with Crippen LogP contribution in [0.3, 0.4) is 0 Å². The van der Waals surface area contributed by atoms with Crippen LogP contribution in [0.2, 0.25) is 0 Å². The Morgan fingerprint density at radius 3 is 2.48 bits per heavy atom. The van der Waals surface area contributed by atoms with Crippen LogP contribution in [0.25, 0.3) is 10.8 Å². The van der Waals surface area contributed by atoms with Crippen molar-refractivity contribution in [3.05, 3.63) is 66.1 Å². The molecule has 0 spiro atoms. The maximum atomic E-state index is 12.3. The molecule has 0 saturated carbocycles. The predicted molar refractivity (Wildman–Crippen MR) is 112 cm³/mol. The number of hydrogen-bond acceptors (Lipinski definition) is 4. The third-order valence-corrected chi connectivity index (χ3v) is 4.23. The Labute approximate surface area is 170 Å². The maximum Gasteiger partial charge on any atom is 0.287 e. The molecule has 2 aromatic carbocycles. The summed E-state index contributed by atoms with van der Waals surface area (Å²) in [6.45, 7) is 7.48. The molecule has 0 saturated heterocycles. The molecule has 6 nitrogen and oxygen atoms in total. The molecule has 2 N–H and O–H groups in total. The molecule has 0 bridgehead atoms. The van der Waals surface area contributed by atoms with Gasteiger partial charge < -0.3 is 19.8 Å². The molecule has 0 radical (unpaired) electrons. The van der Waals surface area contributed by atoms with Crippen LogP contribution in [0.4, 0.5) is 0 Å². The molecule has 2 amide bonds. The third kappa shape index (κ3) is 5.60. The van der Waals surface area contributed by atoms with Gasteiger partial charge >= 0.3 is 0 Å². The van der Waals surface area contributed by atoms with Crippen LogP contribution in [-0.4, -0.2) is 23.4 Å². The lowest BCUT2D eigenvalue weighted by Gasteiger charge is -2.23. The molecule has 1 unspecified atom stereocenters. The first-order valence-electron chi connectivity index (χ1n) is 9.54. The van der Waals surface area contributed by atoms with Gasteiger partial charge in [-0.3, -0.25) is 9.59 Å². The summed E-state index contributed by atoms with van der Waals surface area (Å²) in [5.41, 5.74) is -0.367. The lowest BCUT2D eigenvalue weighted by Crippen LogP contribution is -2.50. The fourth-order valence-corrected chi connectivity index (χ4v) is 2.80. The molecule has 0 aliphatic carbocycles. The minimum Gasteiger partial charge on any atom is -0.486 e. The highest BCUT2D eigenvalue weighted by Crippen LogP contribution is 2.21. The van der Waals surface area contributed by atoms with E-state index in [9.17, 15) is 9.59 Å². The summed E-state index contributed by atoms with van der Waals surface area (Å²) < 4.78 is 11.3. The fourth-order valence-electron chi connectivity index (χ4n) is 2.80. The van der Waals surface area contributed by atoms with Gasteiger partial charge in [0.25, 0.3) is 5.91 Å². The number of benzene rings is 2. The van der Waals surface area contributed by atoms with E-state index in [1.807, 2.05) is 63.2 Å². The van der Waals surface area contributed by atoms with Crippen molar-refractivity contribution in [1.29, 1.82) is 0 Å². The van der Waals surface area contributed by atoms with Gasteiger partial charge in [0.05, 0.1) is 0 Å². The highest BCUT2D eigenvalue weighted by Gasteiger charge is 2.22. The molecule has 3 rings (SSSR count). The van der Waals surface area contributed by atoms with Gasteiger partial charge in [-0.15, -0.1) is 0 Å². The summed E-state index contributed by atoms with van der Waals surface area (Å²) in [5, 5.41) is 7.70. The van der Waals surface area contributed by atoms with Gasteiger partial charge in [-0.2, -0.15) is 0 Å². The first-order valence-corrected chi connectivity index (χ1v) is 9.54. The van der Waals surface area contributed by atoms with E-state index in [4.69, 9.17) is 9.15 Å². The van der Waals surface area contributed by atoms with E-state index in [1.165, 1.54) is 0 Å². The van der Waals surface area contributed by atoms with Crippen molar-refractivity contribution in [2.24, 2.45) is 0 Å². The molecule has 0 aliphatic rings. The fraction of sp³-hybridized carbons (Fsp3) is 0.304. The number of nitrogens with one attached hydrogen (secondary N) is 2.